The topological polar surface area (TPSA) is 45.2 Å². The predicted octanol–water partition coefficient (Wildman–Crippen LogP) is 3.65. The largest absolute Gasteiger partial charge is 0.301 e. The summed E-state index contributed by atoms with van der Waals surface area (Å²) in [5.41, 5.74) is 2.27. The van der Waals surface area contributed by atoms with Gasteiger partial charge in [-0.05, 0) is 32.9 Å². The molecule has 0 aliphatic rings. The molecule has 4 nitrogen and oxygen atoms in total. The Hall–Kier alpha value is -1.72. The first-order valence-electron chi connectivity index (χ1n) is 7.52. The van der Waals surface area contributed by atoms with E-state index in [9.17, 15) is 4.79 Å². The number of thiazole rings is 1. The molecule has 0 radical (unpaired) electrons. The van der Waals surface area contributed by atoms with Gasteiger partial charge in [0.1, 0.15) is 0 Å². The van der Waals surface area contributed by atoms with Crippen LogP contribution in [0.2, 0.25) is 0 Å². The van der Waals surface area contributed by atoms with E-state index in [1.807, 2.05) is 37.1 Å². The Balaban J connectivity index is 1.93. The van der Waals surface area contributed by atoms with Crippen LogP contribution >= 0.6 is 11.3 Å². The van der Waals surface area contributed by atoms with Gasteiger partial charge in [0.05, 0.1) is 12.2 Å². The van der Waals surface area contributed by atoms with E-state index in [0.29, 0.717) is 11.7 Å². The van der Waals surface area contributed by atoms with Crippen LogP contribution < -0.4 is 5.32 Å². The van der Waals surface area contributed by atoms with Gasteiger partial charge >= 0.3 is 0 Å². The van der Waals surface area contributed by atoms with Crippen LogP contribution in [0.4, 0.5) is 5.13 Å². The summed E-state index contributed by atoms with van der Waals surface area (Å²) in [7, 11) is 1.96. The van der Waals surface area contributed by atoms with Gasteiger partial charge in [-0.3, -0.25) is 9.69 Å². The molecule has 0 fully saturated rings. The quantitative estimate of drug-likeness (QED) is 0.884. The van der Waals surface area contributed by atoms with Gasteiger partial charge in [-0.1, -0.05) is 37.3 Å². The summed E-state index contributed by atoms with van der Waals surface area (Å²) < 4.78 is 0. The molecule has 0 aliphatic carbocycles. The monoisotopic (exact) mass is 317 g/mol. The first-order chi connectivity index (χ1) is 10.5. The molecule has 1 unspecified atom stereocenters. The summed E-state index contributed by atoms with van der Waals surface area (Å²) in [5, 5.41) is 3.60. The summed E-state index contributed by atoms with van der Waals surface area (Å²) in [6.07, 6.45) is 0.892. The molecular weight excluding hydrogens is 294 g/mol. The van der Waals surface area contributed by atoms with E-state index >= 15 is 0 Å². The number of hydrogen-bond donors (Lipinski definition) is 1. The highest BCUT2D eigenvalue weighted by molar-refractivity contribution is 7.15. The number of hydrogen-bond acceptors (Lipinski definition) is 4. The van der Waals surface area contributed by atoms with Crippen molar-refractivity contribution in [2.24, 2.45) is 0 Å². The Morgan fingerprint density at radius 2 is 2.05 bits per heavy atom. The van der Waals surface area contributed by atoms with Crippen molar-refractivity contribution in [1.82, 2.24) is 9.88 Å². The van der Waals surface area contributed by atoms with Crippen LogP contribution in [0.15, 0.2) is 30.3 Å². The van der Waals surface area contributed by atoms with Crippen LogP contribution in [-0.2, 0) is 11.2 Å². The van der Waals surface area contributed by atoms with E-state index in [0.717, 1.165) is 12.1 Å². The van der Waals surface area contributed by atoms with Gasteiger partial charge in [-0.15, -0.1) is 11.3 Å². The first kappa shape index (κ1) is 16.6. The number of likely N-dealkylation sites (N-methyl/N-ethyl adjacent to an activating group) is 1. The van der Waals surface area contributed by atoms with Crippen molar-refractivity contribution in [3.05, 3.63) is 46.5 Å². The Morgan fingerprint density at radius 3 is 2.64 bits per heavy atom. The number of amides is 1. The number of benzene rings is 1. The lowest BCUT2D eigenvalue weighted by Crippen LogP contribution is -2.32. The summed E-state index contributed by atoms with van der Waals surface area (Å²) in [6, 6.07) is 10.4. The molecule has 1 heterocycles. The highest BCUT2D eigenvalue weighted by Gasteiger charge is 2.16. The summed E-state index contributed by atoms with van der Waals surface area (Å²) >= 11 is 1.54. The molecule has 0 spiro atoms. The van der Waals surface area contributed by atoms with E-state index in [-0.39, 0.29) is 11.9 Å². The maximum atomic E-state index is 12.2. The Labute approximate surface area is 136 Å². The molecule has 1 atom stereocenters. The van der Waals surface area contributed by atoms with E-state index in [1.165, 1.54) is 21.8 Å². The lowest BCUT2D eigenvalue weighted by molar-refractivity contribution is -0.117. The van der Waals surface area contributed by atoms with Gasteiger partial charge in [-0.25, -0.2) is 4.98 Å². The van der Waals surface area contributed by atoms with Crippen molar-refractivity contribution < 1.29 is 4.79 Å². The smallest absolute Gasteiger partial charge is 0.240 e. The number of anilines is 1. The van der Waals surface area contributed by atoms with Crippen LogP contribution in [-0.4, -0.2) is 29.4 Å². The molecule has 5 heteroatoms. The second-order valence-electron chi connectivity index (χ2n) is 5.43. The summed E-state index contributed by atoms with van der Waals surface area (Å²) in [6.45, 7) is 6.56. The number of aromatic nitrogens is 1. The number of carbonyl (C=O) groups excluding carboxylic acids is 1. The average Bonchev–Trinajstić information content (AvgIpc) is 2.86. The molecule has 0 saturated heterocycles. The minimum absolute atomic E-state index is 0.0262. The van der Waals surface area contributed by atoms with Gasteiger partial charge in [0, 0.05) is 10.9 Å². The maximum Gasteiger partial charge on any atom is 0.240 e. The standard InChI is InChI=1S/C17H23N3OS/c1-5-15-13(3)22-17(18-15)19-16(21)11-20(4)12(2)14-9-7-6-8-10-14/h6-10,12H,5,11H2,1-4H3,(H,18,19,21). The van der Waals surface area contributed by atoms with Crippen molar-refractivity contribution in [3.8, 4) is 0 Å². The zero-order valence-corrected chi connectivity index (χ0v) is 14.4. The molecule has 0 saturated carbocycles. The van der Waals surface area contributed by atoms with Crippen LogP contribution in [0.25, 0.3) is 0 Å². The van der Waals surface area contributed by atoms with E-state index in [1.54, 1.807) is 0 Å². The lowest BCUT2D eigenvalue weighted by Gasteiger charge is -2.24. The van der Waals surface area contributed by atoms with Crippen LogP contribution in [0.3, 0.4) is 0 Å². The normalized spacial score (nSPS) is 12.4. The molecule has 1 N–H and O–H groups in total. The van der Waals surface area contributed by atoms with Gasteiger partial charge in [0.15, 0.2) is 5.13 Å². The van der Waals surface area contributed by atoms with Crippen LogP contribution in [0.5, 0.6) is 0 Å². The highest BCUT2D eigenvalue weighted by atomic mass is 32.1. The Morgan fingerprint density at radius 1 is 1.36 bits per heavy atom. The fraction of sp³-hybridized carbons (Fsp3) is 0.412. The minimum Gasteiger partial charge on any atom is -0.301 e. The van der Waals surface area contributed by atoms with Gasteiger partial charge in [0.2, 0.25) is 5.91 Å². The molecule has 1 aromatic heterocycles. The molecule has 118 valence electrons. The summed E-state index contributed by atoms with van der Waals surface area (Å²) in [5.74, 6) is -0.0262. The third-order valence-corrected chi connectivity index (χ3v) is 4.74. The molecule has 22 heavy (non-hydrogen) atoms. The Kier molecular flexibility index (Phi) is 5.69. The molecule has 1 amide bonds. The van der Waals surface area contributed by atoms with Crippen LogP contribution in [0.1, 0.15) is 36.0 Å². The second kappa shape index (κ2) is 7.51. The number of nitrogens with zero attached hydrogens (tertiary/aromatic N) is 2. The average molecular weight is 317 g/mol. The number of rotatable bonds is 6. The fourth-order valence-corrected chi connectivity index (χ4v) is 3.24. The van der Waals surface area contributed by atoms with Crippen molar-refractivity contribution in [2.75, 3.05) is 18.9 Å². The van der Waals surface area contributed by atoms with E-state index < -0.39 is 0 Å². The van der Waals surface area contributed by atoms with Crippen molar-refractivity contribution in [1.29, 1.82) is 0 Å². The van der Waals surface area contributed by atoms with Crippen LogP contribution in [0, 0.1) is 6.92 Å². The van der Waals surface area contributed by atoms with Gasteiger partial charge in [0.25, 0.3) is 0 Å². The zero-order chi connectivity index (χ0) is 16.1. The SMILES string of the molecule is CCc1nc(NC(=O)CN(C)C(C)c2ccccc2)sc1C. The van der Waals surface area contributed by atoms with Gasteiger partial charge in [-0.2, -0.15) is 0 Å². The molecular formula is C17H23N3OS. The number of carbonyl (C=O) groups is 1. The molecule has 0 bridgehead atoms. The molecule has 2 rings (SSSR count). The van der Waals surface area contributed by atoms with E-state index in [2.05, 4.69) is 36.3 Å². The van der Waals surface area contributed by atoms with Crippen molar-refractivity contribution in [3.63, 3.8) is 0 Å². The fourth-order valence-electron chi connectivity index (χ4n) is 2.32. The van der Waals surface area contributed by atoms with Crippen molar-refractivity contribution in [2.45, 2.75) is 33.2 Å². The second-order valence-corrected chi connectivity index (χ2v) is 6.63. The minimum atomic E-state index is -0.0262. The van der Waals surface area contributed by atoms with Crippen molar-refractivity contribution >= 4 is 22.4 Å². The lowest BCUT2D eigenvalue weighted by atomic mass is 10.1. The number of aryl methyl sites for hydroxylation is 2. The zero-order valence-electron chi connectivity index (χ0n) is 13.6. The van der Waals surface area contributed by atoms with Gasteiger partial charge < -0.3 is 5.32 Å². The third-order valence-electron chi connectivity index (χ3n) is 3.81. The third kappa shape index (κ3) is 4.15. The molecule has 2 aromatic rings. The molecule has 1 aromatic carbocycles. The maximum absolute atomic E-state index is 12.2. The highest BCUT2D eigenvalue weighted by Crippen LogP contribution is 2.23. The summed E-state index contributed by atoms with van der Waals surface area (Å²) in [4.78, 5) is 19.8. The molecule has 0 aliphatic heterocycles. The van der Waals surface area contributed by atoms with E-state index in [4.69, 9.17) is 0 Å². The predicted molar refractivity (Wildman–Crippen MR) is 92.3 cm³/mol. The number of nitrogens with one attached hydrogen (secondary N) is 1. The first-order valence-corrected chi connectivity index (χ1v) is 8.34. The Bertz CT molecular complexity index is 624.